The Morgan fingerprint density at radius 3 is 2.92 bits per heavy atom. The summed E-state index contributed by atoms with van der Waals surface area (Å²) in [6.07, 6.45) is 3.63. The molecule has 0 fully saturated rings. The van der Waals surface area contributed by atoms with Crippen LogP contribution in [-0.2, 0) is 0 Å². The molecule has 0 saturated heterocycles. The predicted molar refractivity (Wildman–Crippen MR) is 54.5 cm³/mol. The van der Waals surface area contributed by atoms with Crippen molar-refractivity contribution >= 4 is 16.7 Å². The second kappa shape index (κ2) is 2.76. The van der Waals surface area contributed by atoms with Gasteiger partial charge >= 0.3 is 0 Å². The molecule has 2 rings (SSSR count). The number of anilines is 1. The lowest BCUT2D eigenvalue weighted by atomic mass is 10.3. The molecule has 0 amide bonds. The summed E-state index contributed by atoms with van der Waals surface area (Å²) in [4.78, 5) is 4.06. The standard InChI is InChI=1S/C10H13N3/c1-7(2)13-9-3-4-12-6-8(9)5-10(13)11/h3-7H,11H2,1-2H3. The first-order valence-corrected chi connectivity index (χ1v) is 4.40. The van der Waals surface area contributed by atoms with E-state index >= 15 is 0 Å². The molecule has 0 saturated carbocycles. The van der Waals surface area contributed by atoms with Gasteiger partial charge in [0.15, 0.2) is 0 Å². The van der Waals surface area contributed by atoms with Crippen LogP contribution >= 0.6 is 0 Å². The third kappa shape index (κ3) is 1.16. The van der Waals surface area contributed by atoms with Crippen molar-refractivity contribution in [2.45, 2.75) is 19.9 Å². The lowest BCUT2D eigenvalue weighted by Crippen LogP contribution is -2.04. The Kier molecular flexibility index (Phi) is 1.72. The zero-order valence-electron chi connectivity index (χ0n) is 7.86. The van der Waals surface area contributed by atoms with Crippen molar-refractivity contribution in [3.8, 4) is 0 Å². The average Bonchev–Trinajstić information content (AvgIpc) is 2.39. The summed E-state index contributed by atoms with van der Waals surface area (Å²) in [6.45, 7) is 4.24. The second-order valence-corrected chi connectivity index (χ2v) is 3.47. The molecule has 3 heteroatoms. The van der Waals surface area contributed by atoms with Crippen LogP contribution in [0.5, 0.6) is 0 Å². The van der Waals surface area contributed by atoms with E-state index in [1.165, 1.54) is 0 Å². The van der Waals surface area contributed by atoms with E-state index in [1.54, 1.807) is 6.20 Å². The van der Waals surface area contributed by atoms with E-state index in [-0.39, 0.29) is 0 Å². The van der Waals surface area contributed by atoms with E-state index in [9.17, 15) is 0 Å². The molecule has 2 aromatic rings. The number of hydrogen-bond donors (Lipinski definition) is 1. The average molecular weight is 175 g/mol. The molecule has 2 aromatic heterocycles. The van der Waals surface area contributed by atoms with Gasteiger partial charge in [0.2, 0.25) is 0 Å². The Balaban J connectivity index is 2.78. The van der Waals surface area contributed by atoms with Gasteiger partial charge in [0, 0.05) is 23.8 Å². The maximum Gasteiger partial charge on any atom is 0.104 e. The van der Waals surface area contributed by atoms with Gasteiger partial charge in [-0.25, -0.2) is 0 Å². The van der Waals surface area contributed by atoms with Crippen LogP contribution in [0.15, 0.2) is 24.5 Å². The fourth-order valence-corrected chi connectivity index (χ4v) is 1.67. The number of pyridine rings is 1. The quantitative estimate of drug-likeness (QED) is 0.722. The summed E-state index contributed by atoms with van der Waals surface area (Å²) in [5, 5.41) is 1.11. The monoisotopic (exact) mass is 175 g/mol. The summed E-state index contributed by atoms with van der Waals surface area (Å²) in [7, 11) is 0. The van der Waals surface area contributed by atoms with E-state index in [1.807, 2.05) is 18.3 Å². The zero-order chi connectivity index (χ0) is 9.42. The lowest BCUT2D eigenvalue weighted by molar-refractivity contribution is 0.631. The predicted octanol–water partition coefficient (Wildman–Crippen LogP) is 2.20. The summed E-state index contributed by atoms with van der Waals surface area (Å²) in [6, 6.07) is 4.34. The van der Waals surface area contributed by atoms with E-state index in [0.717, 1.165) is 16.7 Å². The van der Waals surface area contributed by atoms with Gasteiger partial charge < -0.3 is 10.3 Å². The fraction of sp³-hybridized carbons (Fsp3) is 0.300. The molecule has 2 heterocycles. The third-order valence-electron chi connectivity index (χ3n) is 2.19. The number of aromatic nitrogens is 2. The highest BCUT2D eigenvalue weighted by Gasteiger charge is 2.07. The van der Waals surface area contributed by atoms with Crippen LogP contribution in [-0.4, -0.2) is 9.55 Å². The van der Waals surface area contributed by atoms with Crippen molar-refractivity contribution in [3.05, 3.63) is 24.5 Å². The highest BCUT2D eigenvalue weighted by molar-refractivity contribution is 5.83. The maximum atomic E-state index is 5.89. The Hall–Kier alpha value is -1.51. The van der Waals surface area contributed by atoms with Crippen molar-refractivity contribution in [1.82, 2.24) is 9.55 Å². The molecular weight excluding hydrogens is 162 g/mol. The molecule has 0 aliphatic rings. The minimum atomic E-state index is 0.389. The van der Waals surface area contributed by atoms with E-state index in [0.29, 0.717) is 6.04 Å². The van der Waals surface area contributed by atoms with Gasteiger partial charge in [-0.15, -0.1) is 0 Å². The number of nitrogens with two attached hydrogens (primary N) is 1. The largest absolute Gasteiger partial charge is 0.385 e. The van der Waals surface area contributed by atoms with Crippen LogP contribution in [0.2, 0.25) is 0 Å². The SMILES string of the molecule is CC(C)n1c(N)cc2cnccc21. The van der Waals surface area contributed by atoms with Crippen molar-refractivity contribution in [3.63, 3.8) is 0 Å². The van der Waals surface area contributed by atoms with Crippen molar-refractivity contribution in [1.29, 1.82) is 0 Å². The number of nitrogen functional groups attached to an aromatic ring is 1. The molecule has 2 N–H and O–H groups in total. The van der Waals surface area contributed by atoms with Gasteiger partial charge in [0.1, 0.15) is 5.82 Å². The molecule has 0 radical (unpaired) electrons. The van der Waals surface area contributed by atoms with Crippen LogP contribution in [0.3, 0.4) is 0 Å². The molecule has 0 aliphatic heterocycles. The van der Waals surface area contributed by atoms with Crippen molar-refractivity contribution in [2.75, 3.05) is 5.73 Å². The van der Waals surface area contributed by atoms with Crippen molar-refractivity contribution < 1.29 is 0 Å². The van der Waals surface area contributed by atoms with Crippen LogP contribution in [0, 0.1) is 0 Å². The first kappa shape index (κ1) is 8.10. The lowest BCUT2D eigenvalue weighted by Gasteiger charge is -2.11. The number of rotatable bonds is 1. The topological polar surface area (TPSA) is 43.8 Å². The minimum Gasteiger partial charge on any atom is -0.385 e. The van der Waals surface area contributed by atoms with Crippen LogP contribution in [0.25, 0.3) is 10.9 Å². The summed E-state index contributed by atoms with van der Waals surface area (Å²) in [5.74, 6) is 0.804. The van der Waals surface area contributed by atoms with Gasteiger partial charge in [-0.3, -0.25) is 4.98 Å². The van der Waals surface area contributed by atoms with Gasteiger partial charge in [-0.2, -0.15) is 0 Å². The first-order valence-electron chi connectivity index (χ1n) is 4.40. The molecule has 3 nitrogen and oxygen atoms in total. The normalized spacial score (nSPS) is 11.3. The smallest absolute Gasteiger partial charge is 0.104 e. The summed E-state index contributed by atoms with van der Waals surface area (Å²) >= 11 is 0. The Morgan fingerprint density at radius 2 is 2.23 bits per heavy atom. The molecule has 0 aliphatic carbocycles. The summed E-state index contributed by atoms with van der Waals surface area (Å²) < 4.78 is 2.11. The molecule has 13 heavy (non-hydrogen) atoms. The Morgan fingerprint density at radius 1 is 1.46 bits per heavy atom. The number of fused-ring (bicyclic) bond motifs is 1. The zero-order valence-corrected chi connectivity index (χ0v) is 7.86. The van der Waals surface area contributed by atoms with Crippen LogP contribution in [0.4, 0.5) is 5.82 Å². The molecule has 0 bridgehead atoms. The van der Waals surface area contributed by atoms with Crippen LogP contribution < -0.4 is 5.73 Å². The van der Waals surface area contributed by atoms with Gasteiger partial charge in [0.05, 0.1) is 5.52 Å². The highest BCUT2D eigenvalue weighted by atomic mass is 15.1. The second-order valence-electron chi connectivity index (χ2n) is 3.47. The Bertz CT molecular complexity index is 429. The minimum absolute atomic E-state index is 0.389. The van der Waals surface area contributed by atoms with E-state index < -0.39 is 0 Å². The van der Waals surface area contributed by atoms with Gasteiger partial charge in [-0.05, 0) is 26.0 Å². The Labute approximate surface area is 77.2 Å². The highest BCUT2D eigenvalue weighted by Crippen LogP contribution is 2.24. The number of nitrogens with zero attached hydrogens (tertiary/aromatic N) is 2. The van der Waals surface area contributed by atoms with Gasteiger partial charge in [0.25, 0.3) is 0 Å². The first-order chi connectivity index (χ1) is 6.20. The summed E-state index contributed by atoms with van der Waals surface area (Å²) in [5.41, 5.74) is 7.04. The molecule has 0 spiro atoms. The molecular formula is C10H13N3. The third-order valence-corrected chi connectivity index (χ3v) is 2.19. The van der Waals surface area contributed by atoms with Gasteiger partial charge in [-0.1, -0.05) is 0 Å². The molecule has 0 unspecified atom stereocenters. The molecule has 0 aromatic carbocycles. The molecule has 68 valence electrons. The number of hydrogen-bond acceptors (Lipinski definition) is 2. The van der Waals surface area contributed by atoms with Crippen molar-refractivity contribution in [2.24, 2.45) is 0 Å². The van der Waals surface area contributed by atoms with E-state index in [4.69, 9.17) is 5.73 Å². The van der Waals surface area contributed by atoms with Crippen LogP contribution in [0.1, 0.15) is 19.9 Å². The maximum absolute atomic E-state index is 5.89. The van der Waals surface area contributed by atoms with E-state index in [2.05, 4.69) is 23.4 Å². The fourth-order valence-electron chi connectivity index (χ4n) is 1.67. The molecule has 0 atom stereocenters.